The van der Waals surface area contributed by atoms with Crippen molar-refractivity contribution >= 4 is 11.8 Å². The van der Waals surface area contributed by atoms with Crippen LogP contribution in [0.25, 0.3) is 0 Å². The number of hydrogen-bond acceptors (Lipinski definition) is 3. The maximum Gasteiger partial charge on any atom is 0.260 e. The van der Waals surface area contributed by atoms with Crippen LogP contribution in [0.15, 0.2) is 24.3 Å². The number of piperidine rings is 1. The number of nitrogens with one attached hydrogen (secondary N) is 2. The molecule has 0 bridgehead atoms. The molecule has 106 valence electrons. The summed E-state index contributed by atoms with van der Waals surface area (Å²) >= 11 is 0. The van der Waals surface area contributed by atoms with Gasteiger partial charge in [-0.05, 0) is 30.4 Å². The van der Waals surface area contributed by atoms with E-state index in [4.69, 9.17) is 0 Å². The van der Waals surface area contributed by atoms with Crippen molar-refractivity contribution in [3.8, 4) is 0 Å². The molecular weight excluding hydrogens is 254 g/mol. The number of fused-ring (bicyclic) bond motifs is 1. The molecule has 0 unspecified atom stereocenters. The van der Waals surface area contributed by atoms with Gasteiger partial charge in [0.1, 0.15) is 6.04 Å². The highest BCUT2D eigenvalue weighted by molar-refractivity contribution is 5.87. The predicted octanol–water partition coefficient (Wildman–Crippen LogP) is 0.917. The molecule has 0 aliphatic carbocycles. The average molecular weight is 273 g/mol. The van der Waals surface area contributed by atoms with E-state index in [0.717, 1.165) is 31.4 Å². The van der Waals surface area contributed by atoms with Crippen molar-refractivity contribution in [3.05, 3.63) is 35.4 Å². The zero-order chi connectivity index (χ0) is 13.9. The van der Waals surface area contributed by atoms with Gasteiger partial charge in [-0.1, -0.05) is 24.3 Å². The molecule has 3 rings (SSSR count). The van der Waals surface area contributed by atoms with Crippen LogP contribution in [0.5, 0.6) is 0 Å². The first kappa shape index (κ1) is 13.1. The van der Waals surface area contributed by atoms with Crippen molar-refractivity contribution in [1.29, 1.82) is 0 Å². The fraction of sp³-hybridized carbons (Fsp3) is 0.467. The molecule has 0 aromatic heterocycles. The van der Waals surface area contributed by atoms with E-state index in [1.54, 1.807) is 0 Å². The Balaban J connectivity index is 1.73. The first-order chi connectivity index (χ1) is 9.75. The lowest BCUT2D eigenvalue weighted by atomic mass is 9.94. The number of hydrazine groups is 1. The molecule has 5 nitrogen and oxygen atoms in total. The van der Waals surface area contributed by atoms with Crippen molar-refractivity contribution in [2.24, 2.45) is 0 Å². The molecule has 2 amide bonds. The molecule has 0 radical (unpaired) electrons. The second-order valence-corrected chi connectivity index (χ2v) is 5.31. The van der Waals surface area contributed by atoms with E-state index >= 15 is 0 Å². The van der Waals surface area contributed by atoms with Crippen LogP contribution in [0.4, 0.5) is 0 Å². The topological polar surface area (TPSA) is 61.4 Å². The summed E-state index contributed by atoms with van der Waals surface area (Å²) in [6.07, 6.45) is 3.31. The maximum atomic E-state index is 12.4. The number of hydrogen-bond donors (Lipinski definition) is 2. The van der Waals surface area contributed by atoms with E-state index in [1.807, 2.05) is 18.2 Å². The van der Waals surface area contributed by atoms with Gasteiger partial charge in [-0.25, -0.2) is 0 Å². The van der Waals surface area contributed by atoms with Gasteiger partial charge in [0, 0.05) is 19.5 Å². The lowest BCUT2D eigenvalue weighted by Gasteiger charge is -2.31. The molecule has 20 heavy (non-hydrogen) atoms. The van der Waals surface area contributed by atoms with E-state index in [1.165, 1.54) is 10.6 Å². The summed E-state index contributed by atoms with van der Waals surface area (Å²) in [7, 11) is 0. The smallest absolute Gasteiger partial charge is 0.260 e. The number of amides is 2. The largest absolute Gasteiger partial charge is 0.302 e. The minimum Gasteiger partial charge on any atom is -0.302 e. The van der Waals surface area contributed by atoms with Crippen molar-refractivity contribution in [2.45, 2.75) is 31.7 Å². The molecule has 5 heteroatoms. The van der Waals surface area contributed by atoms with Crippen LogP contribution in [0.1, 0.15) is 36.4 Å². The normalized spacial score (nSPS) is 22.3. The Hall–Kier alpha value is -1.88. The van der Waals surface area contributed by atoms with Crippen LogP contribution in [0.3, 0.4) is 0 Å². The second kappa shape index (κ2) is 5.63. The minimum absolute atomic E-state index is 0.00805. The van der Waals surface area contributed by atoms with Gasteiger partial charge in [0.2, 0.25) is 5.91 Å². The highest BCUT2D eigenvalue weighted by Crippen LogP contribution is 2.23. The third-order valence-corrected chi connectivity index (χ3v) is 3.94. The molecule has 1 atom stereocenters. The number of carbonyl (C=O) groups excluding carboxylic acids is 2. The standard InChI is InChI=1S/C15H19N3O2/c19-13-7-3-4-10-18(13)17-15(20)14-12-6-2-1-5-11(12)8-9-16-14/h1-2,5-6,14,16H,3-4,7-10H2,(H,17,20)/t14-/m0/s1. The molecule has 2 aliphatic rings. The van der Waals surface area contributed by atoms with Gasteiger partial charge in [-0.15, -0.1) is 0 Å². The van der Waals surface area contributed by atoms with Crippen LogP contribution >= 0.6 is 0 Å². The molecule has 2 aliphatic heterocycles. The van der Waals surface area contributed by atoms with Crippen molar-refractivity contribution in [2.75, 3.05) is 13.1 Å². The molecule has 2 N–H and O–H groups in total. The van der Waals surface area contributed by atoms with Gasteiger partial charge in [-0.3, -0.25) is 20.0 Å². The lowest BCUT2D eigenvalue weighted by molar-refractivity contribution is -0.144. The molecule has 1 saturated heterocycles. The number of rotatable bonds is 2. The van der Waals surface area contributed by atoms with E-state index in [9.17, 15) is 9.59 Å². The second-order valence-electron chi connectivity index (χ2n) is 5.31. The van der Waals surface area contributed by atoms with Gasteiger partial charge in [0.15, 0.2) is 0 Å². The summed E-state index contributed by atoms with van der Waals surface area (Å²) in [5.74, 6) is -0.138. The first-order valence-electron chi connectivity index (χ1n) is 7.18. The van der Waals surface area contributed by atoms with E-state index in [2.05, 4.69) is 16.8 Å². The Labute approximate surface area is 118 Å². The SMILES string of the molecule is O=C(NN1CCCCC1=O)[C@H]1NCCc2ccccc21. The Morgan fingerprint density at radius 2 is 2.10 bits per heavy atom. The minimum atomic E-state index is -0.366. The number of benzene rings is 1. The zero-order valence-electron chi connectivity index (χ0n) is 11.4. The molecule has 1 fully saturated rings. The van der Waals surface area contributed by atoms with Crippen LogP contribution in [0, 0.1) is 0 Å². The zero-order valence-corrected chi connectivity index (χ0v) is 11.4. The summed E-state index contributed by atoms with van der Waals surface area (Å²) in [6.45, 7) is 1.39. The highest BCUT2D eigenvalue weighted by atomic mass is 16.2. The van der Waals surface area contributed by atoms with Gasteiger partial charge in [-0.2, -0.15) is 0 Å². The van der Waals surface area contributed by atoms with Gasteiger partial charge in [0.25, 0.3) is 5.91 Å². The lowest BCUT2D eigenvalue weighted by Crippen LogP contribution is -2.52. The van der Waals surface area contributed by atoms with Crippen LogP contribution < -0.4 is 10.7 Å². The summed E-state index contributed by atoms with van der Waals surface area (Å²) in [6, 6.07) is 7.60. The maximum absolute atomic E-state index is 12.4. The van der Waals surface area contributed by atoms with Gasteiger partial charge < -0.3 is 5.32 Å². The molecule has 1 aromatic rings. The Bertz CT molecular complexity index is 530. The van der Waals surface area contributed by atoms with Crippen molar-refractivity contribution in [1.82, 2.24) is 15.8 Å². The Morgan fingerprint density at radius 3 is 2.95 bits per heavy atom. The Morgan fingerprint density at radius 1 is 1.25 bits per heavy atom. The molecule has 0 spiro atoms. The third-order valence-electron chi connectivity index (χ3n) is 3.94. The van der Waals surface area contributed by atoms with Crippen LogP contribution in [-0.2, 0) is 16.0 Å². The number of carbonyl (C=O) groups is 2. The van der Waals surface area contributed by atoms with Crippen molar-refractivity contribution < 1.29 is 9.59 Å². The van der Waals surface area contributed by atoms with Gasteiger partial charge >= 0.3 is 0 Å². The fourth-order valence-electron chi connectivity index (χ4n) is 2.86. The molecular formula is C15H19N3O2. The first-order valence-corrected chi connectivity index (χ1v) is 7.18. The quantitative estimate of drug-likeness (QED) is 0.842. The van der Waals surface area contributed by atoms with Crippen molar-refractivity contribution in [3.63, 3.8) is 0 Å². The Kier molecular flexibility index (Phi) is 3.69. The number of nitrogens with zero attached hydrogens (tertiary/aromatic N) is 1. The van der Waals surface area contributed by atoms with Crippen LogP contribution in [0.2, 0.25) is 0 Å². The summed E-state index contributed by atoms with van der Waals surface area (Å²) < 4.78 is 0. The van der Waals surface area contributed by atoms with E-state index in [-0.39, 0.29) is 17.9 Å². The van der Waals surface area contributed by atoms with Gasteiger partial charge in [0.05, 0.1) is 0 Å². The fourth-order valence-corrected chi connectivity index (χ4v) is 2.86. The highest BCUT2D eigenvalue weighted by Gasteiger charge is 2.28. The molecule has 0 saturated carbocycles. The summed E-state index contributed by atoms with van der Waals surface area (Å²) in [5.41, 5.74) is 4.98. The van der Waals surface area contributed by atoms with E-state index in [0.29, 0.717) is 13.0 Å². The summed E-state index contributed by atoms with van der Waals surface area (Å²) in [4.78, 5) is 24.2. The molecule has 1 aromatic carbocycles. The molecule has 2 heterocycles. The average Bonchev–Trinajstić information content (AvgIpc) is 2.49. The van der Waals surface area contributed by atoms with Crippen LogP contribution in [-0.4, -0.2) is 29.9 Å². The monoisotopic (exact) mass is 273 g/mol. The third kappa shape index (κ3) is 2.54. The predicted molar refractivity (Wildman–Crippen MR) is 74.6 cm³/mol. The van der Waals surface area contributed by atoms with E-state index < -0.39 is 0 Å². The summed E-state index contributed by atoms with van der Waals surface area (Å²) in [5, 5.41) is 4.69.